The van der Waals surface area contributed by atoms with Crippen molar-refractivity contribution in [2.24, 2.45) is 7.05 Å². The summed E-state index contributed by atoms with van der Waals surface area (Å²) in [6.45, 7) is 1.25. The summed E-state index contributed by atoms with van der Waals surface area (Å²) in [6, 6.07) is 3.73. The standard InChI is InChI=1S/C14H14Cl2N3O/c1-17-4-5-19(9-17)14(20)18-3-2-10-6-12(15)13(16)7-11(10)8-18/h4-7,9H,2-3,8H2,1H3/q+1. The van der Waals surface area contributed by atoms with E-state index in [0.29, 0.717) is 23.1 Å². The summed E-state index contributed by atoms with van der Waals surface area (Å²) in [5, 5.41) is 1.11. The second-order valence-electron chi connectivity index (χ2n) is 4.98. The van der Waals surface area contributed by atoms with Crippen LogP contribution in [0.1, 0.15) is 11.1 Å². The van der Waals surface area contributed by atoms with Gasteiger partial charge in [0.05, 0.1) is 17.1 Å². The fourth-order valence-corrected chi connectivity index (χ4v) is 2.81. The van der Waals surface area contributed by atoms with E-state index in [0.717, 1.165) is 12.0 Å². The third-order valence-corrected chi connectivity index (χ3v) is 4.24. The fourth-order valence-electron chi connectivity index (χ4n) is 2.44. The summed E-state index contributed by atoms with van der Waals surface area (Å²) < 4.78 is 3.43. The largest absolute Gasteiger partial charge is 0.416 e. The van der Waals surface area contributed by atoms with Crippen LogP contribution in [0.25, 0.3) is 0 Å². The van der Waals surface area contributed by atoms with Gasteiger partial charge in [-0.05, 0) is 29.7 Å². The number of carbonyl (C=O) groups is 1. The Morgan fingerprint density at radius 3 is 2.60 bits per heavy atom. The lowest BCUT2D eigenvalue weighted by atomic mass is 10.00. The summed E-state index contributed by atoms with van der Waals surface area (Å²) in [6.07, 6.45) is 6.15. The summed E-state index contributed by atoms with van der Waals surface area (Å²) in [5.41, 5.74) is 2.23. The van der Waals surface area contributed by atoms with Crippen molar-refractivity contribution in [3.8, 4) is 0 Å². The van der Waals surface area contributed by atoms with Crippen molar-refractivity contribution in [2.75, 3.05) is 6.54 Å². The summed E-state index contributed by atoms with van der Waals surface area (Å²) in [7, 11) is 1.89. The lowest BCUT2D eigenvalue weighted by Crippen LogP contribution is -2.39. The summed E-state index contributed by atoms with van der Waals surface area (Å²) >= 11 is 12.1. The molecule has 1 amide bonds. The van der Waals surface area contributed by atoms with Crippen LogP contribution in [0.2, 0.25) is 10.0 Å². The highest BCUT2D eigenvalue weighted by Gasteiger charge is 2.25. The number of rotatable bonds is 0. The molecule has 0 saturated carbocycles. The Bertz CT molecular complexity index is 681. The molecule has 0 spiro atoms. The molecule has 0 aliphatic carbocycles. The maximum atomic E-state index is 12.4. The van der Waals surface area contributed by atoms with E-state index in [2.05, 4.69) is 0 Å². The van der Waals surface area contributed by atoms with Crippen LogP contribution in [0, 0.1) is 0 Å². The Kier molecular flexibility index (Phi) is 3.44. The van der Waals surface area contributed by atoms with E-state index in [1.165, 1.54) is 5.56 Å². The molecule has 2 aromatic rings. The fraction of sp³-hybridized carbons (Fsp3) is 0.286. The molecule has 0 unspecified atom stereocenters. The molecule has 1 aliphatic rings. The van der Waals surface area contributed by atoms with Crippen LogP contribution < -0.4 is 4.57 Å². The molecule has 6 heteroatoms. The van der Waals surface area contributed by atoms with Crippen molar-refractivity contribution in [3.05, 3.63) is 52.0 Å². The van der Waals surface area contributed by atoms with Crippen molar-refractivity contribution < 1.29 is 9.36 Å². The van der Waals surface area contributed by atoms with Crippen molar-refractivity contribution in [1.29, 1.82) is 0 Å². The number of amides is 1. The van der Waals surface area contributed by atoms with Crippen LogP contribution in [-0.2, 0) is 20.0 Å². The highest BCUT2D eigenvalue weighted by atomic mass is 35.5. The molecule has 104 valence electrons. The van der Waals surface area contributed by atoms with Gasteiger partial charge >= 0.3 is 6.03 Å². The van der Waals surface area contributed by atoms with Crippen LogP contribution in [0.15, 0.2) is 30.9 Å². The maximum absolute atomic E-state index is 12.4. The van der Waals surface area contributed by atoms with E-state index in [-0.39, 0.29) is 6.03 Å². The molecule has 0 fully saturated rings. The van der Waals surface area contributed by atoms with Crippen molar-refractivity contribution >= 4 is 29.2 Å². The average molecular weight is 311 g/mol. The molecule has 0 bridgehead atoms. The topological polar surface area (TPSA) is 29.1 Å². The zero-order valence-electron chi connectivity index (χ0n) is 11.0. The second kappa shape index (κ2) is 5.11. The molecular formula is C14H14Cl2N3O+. The molecular weight excluding hydrogens is 297 g/mol. The number of aromatic nitrogens is 2. The first kappa shape index (κ1) is 13.5. The van der Waals surface area contributed by atoms with Crippen molar-refractivity contribution in [3.63, 3.8) is 0 Å². The number of hydrogen-bond donors (Lipinski definition) is 0. The Balaban J connectivity index is 1.85. The Morgan fingerprint density at radius 1 is 1.25 bits per heavy atom. The van der Waals surface area contributed by atoms with Gasteiger partial charge in [-0.3, -0.25) is 4.90 Å². The van der Waals surface area contributed by atoms with Gasteiger partial charge in [0, 0.05) is 13.1 Å². The van der Waals surface area contributed by atoms with E-state index in [4.69, 9.17) is 23.2 Å². The molecule has 4 nitrogen and oxygen atoms in total. The molecule has 1 aromatic carbocycles. The van der Waals surface area contributed by atoms with Gasteiger partial charge in [0.2, 0.25) is 0 Å². The third-order valence-electron chi connectivity index (χ3n) is 3.52. The van der Waals surface area contributed by atoms with Crippen LogP contribution in [0.4, 0.5) is 4.79 Å². The smallest absolute Gasteiger partial charge is 0.300 e. The van der Waals surface area contributed by atoms with Gasteiger partial charge < -0.3 is 0 Å². The van der Waals surface area contributed by atoms with E-state index in [1.54, 1.807) is 17.1 Å². The zero-order chi connectivity index (χ0) is 14.3. The average Bonchev–Trinajstić information content (AvgIpc) is 2.85. The minimum Gasteiger partial charge on any atom is -0.300 e. The Morgan fingerprint density at radius 2 is 1.95 bits per heavy atom. The highest BCUT2D eigenvalue weighted by molar-refractivity contribution is 6.42. The molecule has 0 N–H and O–H groups in total. The number of imidazole rings is 1. The van der Waals surface area contributed by atoms with Gasteiger partial charge in [-0.2, -0.15) is 4.57 Å². The lowest BCUT2D eigenvalue weighted by Gasteiger charge is -2.27. The van der Waals surface area contributed by atoms with Gasteiger partial charge in [0.25, 0.3) is 6.33 Å². The van der Waals surface area contributed by atoms with E-state index < -0.39 is 0 Å². The van der Waals surface area contributed by atoms with Crippen molar-refractivity contribution in [1.82, 2.24) is 9.47 Å². The highest BCUT2D eigenvalue weighted by Crippen LogP contribution is 2.29. The molecule has 0 atom stereocenters. The Hall–Kier alpha value is -1.52. The van der Waals surface area contributed by atoms with Gasteiger partial charge in [0.15, 0.2) is 0 Å². The molecule has 1 aliphatic heterocycles. The normalized spacial score (nSPS) is 14.2. The second-order valence-corrected chi connectivity index (χ2v) is 5.79. The number of fused-ring (bicyclic) bond motifs is 1. The van der Waals surface area contributed by atoms with Gasteiger partial charge in [-0.15, -0.1) is 0 Å². The monoisotopic (exact) mass is 310 g/mol. The first-order valence-corrected chi connectivity index (χ1v) is 7.09. The van der Waals surface area contributed by atoms with Crippen LogP contribution >= 0.6 is 23.2 Å². The van der Waals surface area contributed by atoms with Gasteiger partial charge in [-0.1, -0.05) is 23.2 Å². The summed E-state index contributed by atoms with van der Waals surface area (Å²) in [4.78, 5) is 14.2. The van der Waals surface area contributed by atoms with Crippen LogP contribution in [0.3, 0.4) is 0 Å². The number of hydrogen-bond acceptors (Lipinski definition) is 1. The predicted molar refractivity (Wildman–Crippen MR) is 77.0 cm³/mol. The van der Waals surface area contributed by atoms with Crippen molar-refractivity contribution in [2.45, 2.75) is 13.0 Å². The minimum absolute atomic E-state index is 0.0256. The quantitative estimate of drug-likeness (QED) is 0.688. The molecule has 0 saturated heterocycles. The first-order valence-electron chi connectivity index (χ1n) is 6.34. The lowest BCUT2D eigenvalue weighted by molar-refractivity contribution is -0.670. The number of aryl methyl sites for hydroxylation is 1. The van der Waals surface area contributed by atoms with E-state index >= 15 is 0 Å². The first-order chi connectivity index (χ1) is 9.54. The molecule has 0 radical (unpaired) electrons. The van der Waals surface area contributed by atoms with Gasteiger partial charge in [0.1, 0.15) is 12.4 Å². The molecule has 1 aromatic heterocycles. The number of benzene rings is 1. The maximum Gasteiger partial charge on any atom is 0.416 e. The van der Waals surface area contributed by atoms with Gasteiger partial charge in [-0.25, -0.2) is 9.36 Å². The number of halogens is 2. The number of nitrogens with zero attached hydrogens (tertiary/aromatic N) is 3. The zero-order valence-corrected chi connectivity index (χ0v) is 12.5. The van der Waals surface area contributed by atoms with E-state index in [1.807, 2.05) is 34.8 Å². The predicted octanol–water partition coefficient (Wildman–Crippen LogP) is 2.65. The minimum atomic E-state index is -0.0256. The van der Waals surface area contributed by atoms with E-state index in [9.17, 15) is 4.79 Å². The number of carbonyl (C=O) groups excluding carboxylic acids is 1. The third kappa shape index (κ3) is 2.41. The molecule has 20 heavy (non-hydrogen) atoms. The molecule has 2 heterocycles. The SMILES string of the molecule is C[n+]1ccn(C(=O)N2CCc3cc(Cl)c(Cl)cc3C2)c1. The Labute approximate surface area is 127 Å². The van der Waals surface area contributed by atoms with Crippen LogP contribution in [-0.4, -0.2) is 22.0 Å². The van der Waals surface area contributed by atoms with Crippen LogP contribution in [0.5, 0.6) is 0 Å². The summed E-state index contributed by atoms with van der Waals surface area (Å²) in [5.74, 6) is 0. The molecule has 3 rings (SSSR count).